The van der Waals surface area contributed by atoms with E-state index in [1.165, 1.54) is 17.7 Å². The zero-order valence-electron chi connectivity index (χ0n) is 19.7. The van der Waals surface area contributed by atoms with Gasteiger partial charge in [-0.1, -0.05) is 48.0 Å². The van der Waals surface area contributed by atoms with Crippen molar-refractivity contribution < 1.29 is 18.7 Å². The Kier molecular flexibility index (Phi) is 7.93. The first kappa shape index (κ1) is 23.9. The first-order valence-corrected chi connectivity index (χ1v) is 11.6. The van der Waals surface area contributed by atoms with Crippen molar-refractivity contribution in [2.75, 3.05) is 39.8 Å². The van der Waals surface area contributed by atoms with E-state index >= 15 is 0 Å². The van der Waals surface area contributed by atoms with E-state index in [1.807, 2.05) is 18.2 Å². The Bertz CT molecular complexity index is 1090. The summed E-state index contributed by atoms with van der Waals surface area (Å²) >= 11 is 0. The summed E-state index contributed by atoms with van der Waals surface area (Å²) in [7, 11) is 1.66. The van der Waals surface area contributed by atoms with E-state index < -0.39 is 5.82 Å². The van der Waals surface area contributed by atoms with Crippen LogP contribution < -0.4 is 4.74 Å². The second-order valence-electron chi connectivity index (χ2n) is 8.67. The molecular formula is C28H31FN2O3. The van der Waals surface area contributed by atoms with Gasteiger partial charge >= 0.3 is 0 Å². The Hall–Kier alpha value is -3.22. The third kappa shape index (κ3) is 6.22. The van der Waals surface area contributed by atoms with Crippen LogP contribution in [0.1, 0.15) is 33.2 Å². The summed E-state index contributed by atoms with van der Waals surface area (Å²) in [6.45, 7) is 5.95. The number of carbonyl (C=O) groups excluding carboxylic acids is 1. The van der Waals surface area contributed by atoms with Crippen LogP contribution >= 0.6 is 0 Å². The average Bonchev–Trinajstić information content (AvgIpc) is 2.87. The van der Waals surface area contributed by atoms with E-state index in [-0.39, 0.29) is 12.0 Å². The van der Waals surface area contributed by atoms with Crippen LogP contribution in [-0.2, 0) is 11.3 Å². The number of benzene rings is 3. The van der Waals surface area contributed by atoms with Crippen LogP contribution in [0.25, 0.3) is 0 Å². The van der Waals surface area contributed by atoms with Gasteiger partial charge < -0.3 is 14.4 Å². The molecule has 1 aliphatic rings. The van der Waals surface area contributed by atoms with Crippen molar-refractivity contribution in [2.24, 2.45) is 0 Å². The number of halogens is 1. The van der Waals surface area contributed by atoms with E-state index in [1.54, 1.807) is 24.1 Å². The van der Waals surface area contributed by atoms with Crippen molar-refractivity contribution in [1.29, 1.82) is 0 Å². The summed E-state index contributed by atoms with van der Waals surface area (Å²) in [6, 6.07) is 22.2. The van der Waals surface area contributed by atoms with Crippen LogP contribution in [0.2, 0.25) is 0 Å². The van der Waals surface area contributed by atoms with Gasteiger partial charge in [-0.15, -0.1) is 0 Å². The lowest BCUT2D eigenvalue weighted by molar-refractivity contribution is 0.00333. The van der Waals surface area contributed by atoms with Crippen LogP contribution in [-0.4, -0.2) is 55.5 Å². The summed E-state index contributed by atoms with van der Waals surface area (Å²) in [6.07, 6.45) is -0.137. The molecule has 0 saturated carbocycles. The second kappa shape index (κ2) is 11.3. The molecule has 3 aromatic carbocycles. The molecule has 1 heterocycles. The maximum absolute atomic E-state index is 13.5. The van der Waals surface area contributed by atoms with E-state index in [0.717, 1.165) is 30.0 Å². The molecule has 0 aliphatic carbocycles. The molecule has 0 N–H and O–H groups in total. The highest BCUT2D eigenvalue weighted by Crippen LogP contribution is 2.25. The van der Waals surface area contributed by atoms with Crippen LogP contribution in [0.15, 0.2) is 72.8 Å². The van der Waals surface area contributed by atoms with Gasteiger partial charge in [0.2, 0.25) is 0 Å². The third-order valence-corrected chi connectivity index (χ3v) is 6.19. The summed E-state index contributed by atoms with van der Waals surface area (Å²) in [5, 5.41) is 0. The highest BCUT2D eigenvalue weighted by molar-refractivity contribution is 5.94. The van der Waals surface area contributed by atoms with E-state index in [0.29, 0.717) is 31.8 Å². The second-order valence-corrected chi connectivity index (χ2v) is 8.67. The van der Waals surface area contributed by atoms with Crippen molar-refractivity contribution in [3.05, 3.63) is 101 Å². The smallest absolute Gasteiger partial charge is 0.254 e. The highest BCUT2D eigenvalue weighted by Gasteiger charge is 2.25. The van der Waals surface area contributed by atoms with E-state index in [2.05, 4.69) is 42.2 Å². The number of aryl methyl sites for hydroxylation is 1. The largest absolute Gasteiger partial charge is 0.497 e. The average molecular weight is 463 g/mol. The normalized spacial score (nSPS) is 15.2. The van der Waals surface area contributed by atoms with Crippen molar-refractivity contribution in [1.82, 2.24) is 9.80 Å². The molecule has 1 atom stereocenters. The molecule has 0 unspecified atom stereocenters. The van der Waals surface area contributed by atoms with Crippen LogP contribution in [0, 0.1) is 12.7 Å². The fraction of sp³-hybridized carbons (Fsp3) is 0.321. The molecule has 1 fully saturated rings. The number of carbonyl (C=O) groups is 1. The summed E-state index contributed by atoms with van der Waals surface area (Å²) in [5.41, 5.74) is 3.80. The maximum Gasteiger partial charge on any atom is 0.254 e. The Balaban J connectivity index is 1.40. The fourth-order valence-corrected chi connectivity index (χ4v) is 4.15. The molecule has 3 aromatic rings. The predicted octanol–water partition coefficient (Wildman–Crippen LogP) is 4.86. The van der Waals surface area contributed by atoms with Gasteiger partial charge in [-0.2, -0.15) is 0 Å². The molecule has 1 amide bonds. The molecular weight excluding hydrogens is 431 g/mol. The fourth-order valence-electron chi connectivity index (χ4n) is 4.15. The number of rotatable bonds is 8. The number of hydrogen-bond acceptors (Lipinski definition) is 4. The van der Waals surface area contributed by atoms with Crippen molar-refractivity contribution in [2.45, 2.75) is 19.6 Å². The van der Waals surface area contributed by atoms with Gasteiger partial charge in [0, 0.05) is 38.3 Å². The molecule has 34 heavy (non-hydrogen) atoms. The van der Waals surface area contributed by atoms with Crippen LogP contribution in [0.5, 0.6) is 5.75 Å². The SMILES string of the molecule is COc1cccc([C@H](CN2CCN(C(=O)c3cccc(F)c3)CC2)OCc2ccc(C)cc2)c1. The summed E-state index contributed by atoms with van der Waals surface area (Å²) in [4.78, 5) is 16.9. The molecule has 0 radical (unpaired) electrons. The Morgan fingerprint density at radius 2 is 1.71 bits per heavy atom. The number of amides is 1. The number of nitrogens with zero attached hydrogens (tertiary/aromatic N) is 2. The number of hydrogen-bond donors (Lipinski definition) is 0. The molecule has 1 aliphatic heterocycles. The van der Waals surface area contributed by atoms with Gasteiger partial charge in [0.05, 0.1) is 19.8 Å². The molecule has 0 spiro atoms. The van der Waals surface area contributed by atoms with E-state index in [4.69, 9.17) is 9.47 Å². The van der Waals surface area contributed by atoms with Crippen molar-refractivity contribution in [3.8, 4) is 5.75 Å². The monoisotopic (exact) mass is 462 g/mol. The molecule has 5 nitrogen and oxygen atoms in total. The van der Waals surface area contributed by atoms with Crippen molar-refractivity contribution >= 4 is 5.91 Å². The lowest BCUT2D eigenvalue weighted by Gasteiger charge is -2.36. The minimum absolute atomic E-state index is 0.126. The Morgan fingerprint density at radius 3 is 2.41 bits per heavy atom. The van der Waals surface area contributed by atoms with Gasteiger partial charge in [-0.3, -0.25) is 9.69 Å². The molecule has 4 rings (SSSR count). The number of ether oxygens (including phenoxy) is 2. The number of piperazine rings is 1. The zero-order chi connectivity index (χ0) is 23.9. The quantitative estimate of drug-likeness (QED) is 0.480. The molecule has 178 valence electrons. The molecule has 6 heteroatoms. The summed E-state index contributed by atoms with van der Waals surface area (Å²) in [5.74, 6) is 0.280. The lowest BCUT2D eigenvalue weighted by atomic mass is 10.1. The van der Waals surface area contributed by atoms with Crippen LogP contribution in [0.4, 0.5) is 4.39 Å². The third-order valence-electron chi connectivity index (χ3n) is 6.19. The maximum atomic E-state index is 13.5. The van der Waals surface area contributed by atoms with Gasteiger partial charge in [0.15, 0.2) is 0 Å². The van der Waals surface area contributed by atoms with Gasteiger partial charge in [0.1, 0.15) is 11.6 Å². The Labute approximate surface area is 200 Å². The minimum atomic E-state index is -0.392. The topological polar surface area (TPSA) is 42.0 Å². The zero-order valence-corrected chi connectivity index (χ0v) is 19.7. The van der Waals surface area contributed by atoms with Crippen molar-refractivity contribution in [3.63, 3.8) is 0 Å². The molecule has 1 saturated heterocycles. The van der Waals surface area contributed by atoms with Crippen LogP contribution in [0.3, 0.4) is 0 Å². The van der Waals surface area contributed by atoms with Gasteiger partial charge in [0.25, 0.3) is 5.91 Å². The standard InChI is InChI=1S/C28H31FN2O3/c1-21-9-11-22(12-10-21)20-34-27(23-5-4-8-26(18-23)33-2)19-30-13-15-31(16-14-30)28(32)24-6-3-7-25(29)17-24/h3-12,17-18,27H,13-16,19-20H2,1-2H3/t27-/m0/s1. The first-order valence-electron chi connectivity index (χ1n) is 11.6. The minimum Gasteiger partial charge on any atom is -0.497 e. The summed E-state index contributed by atoms with van der Waals surface area (Å²) < 4.78 is 25.3. The van der Waals surface area contributed by atoms with E-state index in [9.17, 15) is 9.18 Å². The Morgan fingerprint density at radius 1 is 0.971 bits per heavy atom. The van der Waals surface area contributed by atoms with Gasteiger partial charge in [-0.05, 0) is 48.4 Å². The molecule has 0 bridgehead atoms. The predicted molar refractivity (Wildman–Crippen MR) is 130 cm³/mol. The first-order chi connectivity index (χ1) is 16.5. The lowest BCUT2D eigenvalue weighted by Crippen LogP contribution is -2.49. The van der Waals surface area contributed by atoms with Gasteiger partial charge in [-0.25, -0.2) is 4.39 Å². The highest BCUT2D eigenvalue weighted by atomic mass is 19.1. The molecule has 0 aromatic heterocycles. The number of methoxy groups -OCH3 is 1.